The summed E-state index contributed by atoms with van der Waals surface area (Å²) >= 11 is 5.97. The molecule has 0 bridgehead atoms. The lowest BCUT2D eigenvalue weighted by Crippen LogP contribution is -2.43. The summed E-state index contributed by atoms with van der Waals surface area (Å²) in [5.41, 5.74) is -1.00. The van der Waals surface area contributed by atoms with E-state index in [-0.39, 0.29) is 26.7 Å². The van der Waals surface area contributed by atoms with Crippen molar-refractivity contribution in [3.63, 3.8) is 0 Å². The van der Waals surface area contributed by atoms with Crippen molar-refractivity contribution in [2.45, 2.75) is 11.3 Å². The number of alkyl halides is 3. The molecule has 2 N–H and O–H groups in total. The molecule has 37 heavy (non-hydrogen) atoms. The average molecular weight is 553 g/mol. The van der Waals surface area contributed by atoms with E-state index in [1.807, 2.05) is 0 Å². The Morgan fingerprint density at radius 3 is 2.43 bits per heavy atom. The lowest BCUT2D eigenvalue weighted by Gasteiger charge is -2.31. The second kappa shape index (κ2) is 9.79. The second-order valence-corrected chi connectivity index (χ2v) is 9.94. The molecule has 0 atom stereocenters. The van der Waals surface area contributed by atoms with Gasteiger partial charge >= 0.3 is 6.36 Å². The first-order valence-corrected chi connectivity index (χ1v) is 12.2. The Labute approximate surface area is 213 Å². The fourth-order valence-electron chi connectivity index (χ4n) is 3.62. The van der Waals surface area contributed by atoms with Gasteiger partial charge in [0.1, 0.15) is 18.0 Å². The molecule has 1 aliphatic heterocycles. The summed E-state index contributed by atoms with van der Waals surface area (Å²) in [7, 11) is -4.52. The summed E-state index contributed by atoms with van der Waals surface area (Å²) in [6.45, 7) is -0.979. The van der Waals surface area contributed by atoms with Crippen molar-refractivity contribution in [2.24, 2.45) is 0 Å². The molecule has 1 aliphatic rings. The number of aliphatic hydroxyl groups is 1. The molecule has 1 amide bonds. The summed E-state index contributed by atoms with van der Waals surface area (Å²) in [5.74, 6) is -3.22. The number of nitrogens with zero attached hydrogens (tertiary/aromatic N) is 1. The standard InChI is InChI=1S/C24H16ClF3N2O6S/c25-15-6-3-5-14(11-15)22(32)21-23(33)18-9-1-2-10-19(18)37(34,35)30(21)13-20(31)29-16-7-4-8-17(12-16)36-24(26,27)28/h1-12,32H,13H2,(H,29,31)/b22-21+. The van der Waals surface area contributed by atoms with Crippen LogP contribution < -0.4 is 10.1 Å². The molecule has 0 unspecified atom stereocenters. The zero-order valence-corrected chi connectivity index (χ0v) is 20.1. The van der Waals surface area contributed by atoms with Crippen molar-refractivity contribution < 1.29 is 41.0 Å². The van der Waals surface area contributed by atoms with Crippen LogP contribution in [0.3, 0.4) is 0 Å². The van der Waals surface area contributed by atoms with Crippen molar-refractivity contribution >= 4 is 44.8 Å². The molecule has 0 fully saturated rings. The fourth-order valence-corrected chi connectivity index (χ4v) is 5.44. The molecule has 192 valence electrons. The van der Waals surface area contributed by atoms with Crippen molar-refractivity contribution in [3.8, 4) is 5.75 Å². The zero-order valence-electron chi connectivity index (χ0n) is 18.5. The molecule has 0 aliphatic carbocycles. The van der Waals surface area contributed by atoms with Crippen molar-refractivity contribution in [3.05, 3.63) is 94.6 Å². The van der Waals surface area contributed by atoms with Gasteiger partial charge in [0.05, 0.1) is 4.90 Å². The van der Waals surface area contributed by atoms with Crippen LogP contribution in [-0.2, 0) is 14.8 Å². The van der Waals surface area contributed by atoms with E-state index in [1.165, 1.54) is 60.7 Å². The molecule has 4 rings (SSSR count). The lowest BCUT2D eigenvalue weighted by atomic mass is 10.0. The van der Waals surface area contributed by atoms with E-state index < -0.39 is 51.8 Å². The van der Waals surface area contributed by atoms with Crippen LogP contribution in [0.5, 0.6) is 5.75 Å². The molecular weight excluding hydrogens is 537 g/mol. The number of anilines is 1. The number of amides is 1. The molecule has 1 heterocycles. The number of sulfonamides is 1. The molecule has 0 aromatic heterocycles. The Morgan fingerprint density at radius 1 is 1.03 bits per heavy atom. The third kappa shape index (κ3) is 5.54. The van der Waals surface area contributed by atoms with Crippen molar-refractivity contribution in [1.82, 2.24) is 4.31 Å². The van der Waals surface area contributed by atoms with Crippen LogP contribution in [0.25, 0.3) is 5.76 Å². The summed E-state index contributed by atoms with van der Waals surface area (Å²) in [6.07, 6.45) is -4.96. The maximum Gasteiger partial charge on any atom is 0.573 e. The molecule has 3 aromatic carbocycles. The number of allylic oxidation sites excluding steroid dienone is 1. The number of nitrogens with one attached hydrogen (secondary N) is 1. The number of aliphatic hydroxyl groups excluding tert-OH is 1. The van der Waals surface area contributed by atoms with Gasteiger partial charge in [-0.15, -0.1) is 13.2 Å². The van der Waals surface area contributed by atoms with Gasteiger partial charge in [0, 0.05) is 27.9 Å². The summed E-state index contributed by atoms with van der Waals surface area (Å²) in [5, 5.41) is 13.4. The zero-order chi connectivity index (χ0) is 27.0. The SMILES string of the molecule is O=C(CN1/C(=C(/O)c2cccc(Cl)c2)C(=O)c2ccccc2S1(=O)=O)Nc1cccc(OC(F)(F)F)c1. The van der Waals surface area contributed by atoms with E-state index in [9.17, 15) is 36.3 Å². The lowest BCUT2D eigenvalue weighted by molar-refractivity contribution is -0.274. The first kappa shape index (κ1) is 26.0. The van der Waals surface area contributed by atoms with Crippen molar-refractivity contribution in [2.75, 3.05) is 11.9 Å². The van der Waals surface area contributed by atoms with Crippen LogP contribution in [0.4, 0.5) is 18.9 Å². The monoisotopic (exact) mass is 552 g/mol. The minimum absolute atomic E-state index is 0.0211. The fraction of sp³-hybridized carbons (Fsp3) is 0.0833. The molecule has 3 aromatic rings. The Balaban J connectivity index is 1.74. The van der Waals surface area contributed by atoms with E-state index in [4.69, 9.17) is 11.6 Å². The van der Waals surface area contributed by atoms with Crippen molar-refractivity contribution in [1.29, 1.82) is 0 Å². The van der Waals surface area contributed by atoms with Crippen LogP contribution in [-0.4, -0.2) is 42.4 Å². The molecule has 0 saturated heterocycles. The Hall–Kier alpha value is -4.03. The number of carbonyl (C=O) groups excluding carboxylic acids is 2. The van der Waals surface area contributed by atoms with Crippen LogP contribution >= 0.6 is 11.6 Å². The third-order valence-corrected chi connectivity index (χ3v) is 7.16. The minimum atomic E-state index is -4.96. The van der Waals surface area contributed by atoms with Crippen LogP contribution in [0, 0.1) is 0 Å². The van der Waals surface area contributed by atoms with E-state index in [0.717, 1.165) is 12.1 Å². The van der Waals surface area contributed by atoms with Gasteiger partial charge in [0.25, 0.3) is 10.0 Å². The molecule has 0 spiro atoms. The van der Waals surface area contributed by atoms with Gasteiger partial charge in [-0.05, 0) is 36.4 Å². The summed E-state index contributed by atoms with van der Waals surface area (Å²) in [6, 6.07) is 15.3. The van der Waals surface area contributed by atoms with Gasteiger partial charge in [-0.1, -0.05) is 41.9 Å². The second-order valence-electron chi connectivity index (χ2n) is 7.67. The Bertz CT molecular complexity index is 1540. The number of ether oxygens (including phenoxy) is 1. The molecular formula is C24H16ClF3N2O6S. The summed E-state index contributed by atoms with van der Waals surface area (Å²) in [4.78, 5) is 25.8. The molecule has 0 saturated carbocycles. The number of hydrogen-bond donors (Lipinski definition) is 2. The highest BCUT2D eigenvalue weighted by atomic mass is 35.5. The van der Waals surface area contributed by atoms with Gasteiger partial charge in [-0.3, -0.25) is 9.59 Å². The number of hydrogen-bond acceptors (Lipinski definition) is 6. The first-order valence-electron chi connectivity index (χ1n) is 10.4. The highest BCUT2D eigenvalue weighted by Crippen LogP contribution is 2.35. The maximum atomic E-state index is 13.4. The number of carbonyl (C=O) groups is 2. The Kier molecular flexibility index (Phi) is 6.89. The van der Waals surface area contributed by atoms with Crippen LogP contribution in [0.2, 0.25) is 5.02 Å². The van der Waals surface area contributed by atoms with Crippen LogP contribution in [0.1, 0.15) is 15.9 Å². The number of halogens is 4. The van der Waals surface area contributed by atoms with Gasteiger partial charge in [-0.2, -0.15) is 0 Å². The van der Waals surface area contributed by atoms with E-state index in [1.54, 1.807) is 0 Å². The largest absolute Gasteiger partial charge is 0.573 e. The highest BCUT2D eigenvalue weighted by molar-refractivity contribution is 7.89. The topological polar surface area (TPSA) is 113 Å². The van der Waals surface area contributed by atoms with Gasteiger partial charge in [0.15, 0.2) is 5.76 Å². The molecule has 8 nitrogen and oxygen atoms in total. The number of rotatable bonds is 5. The van der Waals surface area contributed by atoms with E-state index >= 15 is 0 Å². The number of fused-ring (bicyclic) bond motifs is 1. The Morgan fingerprint density at radius 2 is 1.73 bits per heavy atom. The highest BCUT2D eigenvalue weighted by Gasteiger charge is 2.42. The van der Waals surface area contributed by atoms with E-state index in [2.05, 4.69) is 10.1 Å². The smallest absolute Gasteiger partial charge is 0.505 e. The average Bonchev–Trinajstić information content (AvgIpc) is 2.82. The predicted octanol–water partition coefficient (Wildman–Crippen LogP) is 4.99. The van der Waals surface area contributed by atoms with E-state index in [0.29, 0.717) is 4.31 Å². The summed E-state index contributed by atoms with van der Waals surface area (Å²) < 4.78 is 68.7. The molecule has 13 heteroatoms. The van der Waals surface area contributed by atoms with Crippen LogP contribution in [0.15, 0.2) is 83.4 Å². The van der Waals surface area contributed by atoms with Gasteiger partial charge in [-0.25, -0.2) is 12.7 Å². The minimum Gasteiger partial charge on any atom is -0.505 e. The number of Topliss-reactive ketones (excluding diaryl/α,β-unsaturated/α-hetero) is 1. The third-order valence-electron chi connectivity index (χ3n) is 5.13. The van der Waals surface area contributed by atoms with Gasteiger partial charge < -0.3 is 15.2 Å². The number of ketones is 1. The quantitative estimate of drug-likeness (QED) is 0.340. The first-order chi connectivity index (χ1) is 17.4. The normalized spacial score (nSPS) is 16.1. The van der Waals surface area contributed by atoms with Gasteiger partial charge in [0.2, 0.25) is 11.7 Å². The predicted molar refractivity (Wildman–Crippen MR) is 127 cm³/mol. The number of benzene rings is 3. The maximum absolute atomic E-state index is 13.4. The molecule has 0 radical (unpaired) electrons.